The highest BCUT2D eigenvalue weighted by atomic mass is 16.5. The fraction of sp³-hybridized carbons (Fsp3) is 0.632. The summed E-state index contributed by atoms with van der Waals surface area (Å²) in [7, 11) is 0. The summed E-state index contributed by atoms with van der Waals surface area (Å²) >= 11 is 0. The molecular formula is C19H31N7O2. The van der Waals surface area contributed by atoms with E-state index < -0.39 is 5.60 Å². The average molecular weight is 390 g/mol. The molecule has 1 aliphatic rings. The van der Waals surface area contributed by atoms with Crippen LogP contribution in [0.25, 0.3) is 5.65 Å². The van der Waals surface area contributed by atoms with Crippen LogP contribution in [0.1, 0.15) is 19.7 Å². The van der Waals surface area contributed by atoms with Gasteiger partial charge in [0.2, 0.25) is 0 Å². The Balaban J connectivity index is 1.51. The van der Waals surface area contributed by atoms with Gasteiger partial charge in [0, 0.05) is 45.3 Å². The van der Waals surface area contributed by atoms with Gasteiger partial charge in [-0.05, 0) is 26.0 Å². The van der Waals surface area contributed by atoms with Crippen LogP contribution in [-0.4, -0.2) is 88.6 Å². The van der Waals surface area contributed by atoms with Gasteiger partial charge < -0.3 is 20.5 Å². The van der Waals surface area contributed by atoms with Crippen molar-refractivity contribution < 1.29 is 9.84 Å². The van der Waals surface area contributed by atoms with Gasteiger partial charge in [-0.25, -0.2) is 0 Å². The number of ether oxygens (including phenoxy) is 1. The number of hydrogen-bond acceptors (Lipinski definition) is 6. The third-order valence-corrected chi connectivity index (χ3v) is 4.62. The first-order valence-electron chi connectivity index (χ1n) is 9.91. The molecule has 2 aromatic rings. The van der Waals surface area contributed by atoms with Gasteiger partial charge in [-0.15, -0.1) is 10.2 Å². The van der Waals surface area contributed by atoms with Crippen molar-refractivity contribution >= 4 is 11.6 Å². The van der Waals surface area contributed by atoms with Crippen molar-refractivity contribution in [2.75, 3.05) is 52.5 Å². The number of nitrogens with zero attached hydrogens (tertiary/aromatic N) is 5. The molecule has 3 heterocycles. The Morgan fingerprint density at radius 3 is 2.89 bits per heavy atom. The van der Waals surface area contributed by atoms with Crippen LogP contribution in [0.2, 0.25) is 0 Å². The lowest BCUT2D eigenvalue weighted by Gasteiger charge is -2.33. The highest BCUT2D eigenvalue weighted by Gasteiger charge is 2.25. The molecule has 0 bridgehead atoms. The van der Waals surface area contributed by atoms with E-state index in [-0.39, 0.29) is 0 Å². The molecule has 0 radical (unpaired) electrons. The van der Waals surface area contributed by atoms with Crippen LogP contribution >= 0.6 is 0 Å². The summed E-state index contributed by atoms with van der Waals surface area (Å²) in [4.78, 5) is 6.79. The first kappa shape index (κ1) is 20.5. The van der Waals surface area contributed by atoms with Crippen LogP contribution in [0.3, 0.4) is 0 Å². The number of aliphatic hydroxyl groups is 1. The zero-order valence-electron chi connectivity index (χ0n) is 16.8. The van der Waals surface area contributed by atoms with Crippen LogP contribution in [-0.2, 0) is 11.2 Å². The Morgan fingerprint density at radius 2 is 2.11 bits per heavy atom. The zero-order valence-corrected chi connectivity index (χ0v) is 16.8. The Labute approximate surface area is 165 Å². The predicted octanol–water partition coefficient (Wildman–Crippen LogP) is -0.0899. The Kier molecular flexibility index (Phi) is 7.18. The van der Waals surface area contributed by atoms with Crippen LogP contribution in [0.5, 0.6) is 0 Å². The maximum atomic E-state index is 10.7. The van der Waals surface area contributed by atoms with Gasteiger partial charge in [0.1, 0.15) is 5.82 Å². The number of guanidine groups is 1. The smallest absolute Gasteiger partial charge is 0.191 e. The van der Waals surface area contributed by atoms with Crippen LogP contribution < -0.4 is 10.6 Å². The quantitative estimate of drug-likeness (QED) is 0.429. The second-order valence-corrected chi connectivity index (χ2v) is 7.30. The van der Waals surface area contributed by atoms with E-state index in [1.807, 2.05) is 42.6 Å². The highest BCUT2D eigenvalue weighted by Crippen LogP contribution is 2.09. The van der Waals surface area contributed by atoms with E-state index in [0.29, 0.717) is 25.6 Å². The summed E-state index contributed by atoms with van der Waals surface area (Å²) in [6.45, 7) is 9.35. The van der Waals surface area contributed by atoms with Gasteiger partial charge in [-0.1, -0.05) is 6.07 Å². The van der Waals surface area contributed by atoms with Crippen LogP contribution in [0.15, 0.2) is 29.4 Å². The van der Waals surface area contributed by atoms with Gasteiger partial charge in [-0.2, -0.15) is 0 Å². The van der Waals surface area contributed by atoms with Gasteiger partial charge in [-0.3, -0.25) is 14.3 Å². The van der Waals surface area contributed by atoms with E-state index in [2.05, 4.69) is 30.7 Å². The maximum absolute atomic E-state index is 10.7. The average Bonchev–Trinajstić information content (AvgIpc) is 3.10. The van der Waals surface area contributed by atoms with E-state index in [1.54, 1.807) is 0 Å². The molecular weight excluding hydrogens is 358 g/mol. The standard InChI is InChI=1S/C19H31N7O2/c1-3-20-18(22-14-19(2,27)15-25-10-12-28-13-11-25)21-8-7-17-24-23-16-6-4-5-9-26(16)17/h4-6,9,27H,3,7-8,10-15H2,1-2H3,(H2,20,21,22). The van der Waals surface area contributed by atoms with Gasteiger partial charge in [0.05, 0.1) is 25.4 Å². The number of nitrogens with one attached hydrogen (secondary N) is 2. The second kappa shape index (κ2) is 9.81. The van der Waals surface area contributed by atoms with Crippen molar-refractivity contribution in [1.29, 1.82) is 0 Å². The number of fused-ring (bicyclic) bond motifs is 1. The molecule has 0 spiro atoms. The van der Waals surface area contributed by atoms with Crippen LogP contribution in [0, 0.1) is 0 Å². The van der Waals surface area contributed by atoms with Crippen molar-refractivity contribution in [3.8, 4) is 0 Å². The summed E-state index contributed by atoms with van der Waals surface area (Å²) < 4.78 is 7.35. The van der Waals surface area contributed by atoms with E-state index >= 15 is 0 Å². The maximum Gasteiger partial charge on any atom is 0.191 e. The Bertz CT molecular complexity index is 768. The van der Waals surface area contributed by atoms with E-state index in [1.165, 1.54) is 0 Å². The molecule has 0 aromatic carbocycles. The normalized spacial score (nSPS) is 18.2. The molecule has 9 heteroatoms. The van der Waals surface area contributed by atoms with E-state index in [4.69, 9.17) is 4.74 Å². The number of aliphatic imine (C=N–C) groups is 1. The Morgan fingerprint density at radius 1 is 1.29 bits per heavy atom. The minimum Gasteiger partial charge on any atom is -0.387 e. The molecule has 1 aliphatic heterocycles. The summed E-state index contributed by atoms with van der Waals surface area (Å²) in [6, 6.07) is 5.85. The molecule has 3 N–H and O–H groups in total. The second-order valence-electron chi connectivity index (χ2n) is 7.30. The van der Waals surface area contributed by atoms with Gasteiger partial charge in [0.15, 0.2) is 11.6 Å². The topological polar surface area (TPSA) is 99.3 Å². The van der Waals surface area contributed by atoms with Crippen molar-refractivity contribution in [3.63, 3.8) is 0 Å². The van der Waals surface area contributed by atoms with Crippen LogP contribution in [0.4, 0.5) is 0 Å². The third kappa shape index (κ3) is 5.88. The summed E-state index contributed by atoms with van der Waals surface area (Å²) in [5.41, 5.74) is -0.0414. The Hall–Kier alpha value is -2.23. The monoisotopic (exact) mass is 389 g/mol. The third-order valence-electron chi connectivity index (χ3n) is 4.62. The molecule has 0 aliphatic carbocycles. The zero-order chi connectivity index (χ0) is 19.8. The lowest BCUT2D eigenvalue weighted by atomic mass is 10.1. The van der Waals surface area contributed by atoms with Crippen molar-refractivity contribution in [1.82, 2.24) is 30.1 Å². The number of hydrogen-bond donors (Lipinski definition) is 3. The fourth-order valence-corrected chi connectivity index (χ4v) is 3.24. The summed E-state index contributed by atoms with van der Waals surface area (Å²) in [6.07, 6.45) is 2.69. The largest absolute Gasteiger partial charge is 0.387 e. The number of pyridine rings is 1. The molecule has 0 amide bonds. The molecule has 154 valence electrons. The van der Waals surface area contributed by atoms with Crippen molar-refractivity contribution in [3.05, 3.63) is 30.2 Å². The highest BCUT2D eigenvalue weighted by molar-refractivity contribution is 5.79. The molecule has 2 aromatic heterocycles. The minimum atomic E-state index is -0.886. The number of morpholine rings is 1. The van der Waals surface area contributed by atoms with Crippen molar-refractivity contribution in [2.45, 2.75) is 25.9 Å². The van der Waals surface area contributed by atoms with E-state index in [9.17, 15) is 5.11 Å². The van der Waals surface area contributed by atoms with Crippen molar-refractivity contribution in [2.24, 2.45) is 4.99 Å². The van der Waals surface area contributed by atoms with Gasteiger partial charge in [0.25, 0.3) is 0 Å². The molecule has 1 atom stereocenters. The fourth-order valence-electron chi connectivity index (χ4n) is 3.24. The van der Waals surface area contributed by atoms with Gasteiger partial charge >= 0.3 is 0 Å². The van der Waals surface area contributed by atoms with E-state index in [0.717, 1.165) is 50.7 Å². The summed E-state index contributed by atoms with van der Waals surface area (Å²) in [5, 5.41) is 25.7. The lowest BCUT2D eigenvalue weighted by Crippen LogP contribution is -2.48. The molecule has 0 saturated carbocycles. The molecule has 1 saturated heterocycles. The number of aromatic nitrogens is 3. The number of rotatable bonds is 8. The molecule has 1 unspecified atom stereocenters. The molecule has 1 fully saturated rings. The number of β-amino-alcohol motifs (C(OH)–C–C–N with tert-alkyl or cyclic N) is 1. The summed E-state index contributed by atoms with van der Waals surface area (Å²) in [5.74, 6) is 1.59. The molecule has 9 nitrogen and oxygen atoms in total. The first-order chi connectivity index (χ1) is 13.6. The molecule has 28 heavy (non-hydrogen) atoms. The lowest BCUT2D eigenvalue weighted by molar-refractivity contribution is -0.0179. The SMILES string of the molecule is CCNC(=NCC(C)(O)CN1CCOCC1)NCCc1nnc2ccccn12. The minimum absolute atomic E-state index is 0.327. The first-order valence-corrected chi connectivity index (χ1v) is 9.91. The predicted molar refractivity (Wildman–Crippen MR) is 109 cm³/mol. The molecule has 3 rings (SSSR count).